The van der Waals surface area contributed by atoms with E-state index < -0.39 is 5.97 Å². The number of nitrogens with one attached hydrogen (secondary N) is 2. The third-order valence-electron chi connectivity index (χ3n) is 4.41. The molecule has 0 radical (unpaired) electrons. The minimum atomic E-state index is -0.977. The first-order chi connectivity index (χ1) is 11.1. The van der Waals surface area contributed by atoms with E-state index in [0.29, 0.717) is 13.0 Å². The molecule has 2 saturated carbocycles. The van der Waals surface area contributed by atoms with Crippen LogP contribution < -0.4 is 10.6 Å². The van der Waals surface area contributed by atoms with Crippen molar-refractivity contribution in [3.05, 3.63) is 0 Å². The molecule has 0 unspecified atom stereocenters. The monoisotopic (exact) mass is 325 g/mol. The SMILES string of the molecule is O=C(O)CN(C(=O)CCCNC(=O)NC1CCCCC1)C1CC1. The number of urea groups is 1. The van der Waals surface area contributed by atoms with Crippen LogP contribution in [0.1, 0.15) is 57.8 Å². The molecule has 0 bridgehead atoms. The van der Waals surface area contributed by atoms with Gasteiger partial charge in [-0.15, -0.1) is 0 Å². The van der Waals surface area contributed by atoms with Crippen molar-refractivity contribution in [1.29, 1.82) is 0 Å². The average Bonchev–Trinajstić information content (AvgIpc) is 3.34. The van der Waals surface area contributed by atoms with Gasteiger partial charge in [-0.1, -0.05) is 19.3 Å². The van der Waals surface area contributed by atoms with E-state index in [0.717, 1.165) is 25.7 Å². The molecule has 23 heavy (non-hydrogen) atoms. The fourth-order valence-corrected chi connectivity index (χ4v) is 3.02. The Balaban J connectivity index is 1.59. The highest BCUT2D eigenvalue weighted by Crippen LogP contribution is 2.27. The van der Waals surface area contributed by atoms with Crippen molar-refractivity contribution in [2.24, 2.45) is 0 Å². The Hall–Kier alpha value is -1.79. The summed E-state index contributed by atoms with van der Waals surface area (Å²) in [6, 6.07) is 0.196. The maximum Gasteiger partial charge on any atom is 0.323 e. The van der Waals surface area contributed by atoms with Crippen molar-refractivity contribution < 1.29 is 19.5 Å². The van der Waals surface area contributed by atoms with Crippen LogP contribution in [0.15, 0.2) is 0 Å². The van der Waals surface area contributed by atoms with E-state index in [4.69, 9.17) is 5.11 Å². The Kier molecular flexibility index (Phi) is 6.67. The summed E-state index contributed by atoms with van der Waals surface area (Å²) in [5, 5.41) is 14.6. The van der Waals surface area contributed by atoms with Crippen molar-refractivity contribution in [1.82, 2.24) is 15.5 Å². The van der Waals surface area contributed by atoms with Crippen LogP contribution in [-0.2, 0) is 9.59 Å². The number of carbonyl (C=O) groups excluding carboxylic acids is 2. The molecule has 0 aromatic carbocycles. The highest BCUT2D eigenvalue weighted by molar-refractivity contribution is 5.82. The van der Waals surface area contributed by atoms with E-state index in [-0.39, 0.29) is 37.0 Å². The lowest BCUT2D eigenvalue weighted by Crippen LogP contribution is -2.43. The zero-order valence-corrected chi connectivity index (χ0v) is 13.6. The van der Waals surface area contributed by atoms with E-state index in [9.17, 15) is 14.4 Å². The number of nitrogens with zero attached hydrogens (tertiary/aromatic N) is 1. The molecule has 0 aromatic heterocycles. The predicted molar refractivity (Wildman–Crippen MR) is 85.0 cm³/mol. The van der Waals surface area contributed by atoms with E-state index in [1.807, 2.05) is 0 Å². The van der Waals surface area contributed by atoms with Gasteiger partial charge in [0.05, 0.1) is 0 Å². The van der Waals surface area contributed by atoms with Gasteiger partial charge in [0.25, 0.3) is 0 Å². The first kappa shape index (κ1) is 17.6. The number of carboxylic acids is 1. The lowest BCUT2D eigenvalue weighted by molar-refractivity contribution is -0.144. The van der Waals surface area contributed by atoms with Crippen LogP contribution in [0.25, 0.3) is 0 Å². The quantitative estimate of drug-likeness (QED) is 0.589. The Morgan fingerprint density at radius 3 is 2.35 bits per heavy atom. The van der Waals surface area contributed by atoms with Gasteiger partial charge in [0.1, 0.15) is 6.54 Å². The second kappa shape index (κ2) is 8.74. The highest BCUT2D eigenvalue weighted by Gasteiger charge is 2.33. The van der Waals surface area contributed by atoms with Gasteiger partial charge in [0, 0.05) is 25.0 Å². The standard InChI is InChI=1S/C16H27N3O4/c20-14(19(11-15(21)22)13-8-9-13)7-4-10-17-16(23)18-12-5-2-1-3-6-12/h12-13H,1-11H2,(H,21,22)(H2,17,18,23). The Labute approximate surface area is 136 Å². The third kappa shape index (κ3) is 6.46. The van der Waals surface area contributed by atoms with Crippen LogP contribution in [-0.4, -0.2) is 53.1 Å². The molecule has 3 amide bonds. The van der Waals surface area contributed by atoms with Gasteiger partial charge in [-0.2, -0.15) is 0 Å². The maximum atomic E-state index is 12.1. The predicted octanol–water partition coefficient (Wildman–Crippen LogP) is 1.47. The minimum Gasteiger partial charge on any atom is -0.480 e. The molecule has 130 valence electrons. The van der Waals surface area contributed by atoms with Crippen LogP contribution in [0.3, 0.4) is 0 Å². The van der Waals surface area contributed by atoms with Gasteiger partial charge in [0.2, 0.25) is 5.91 Å². The fourth-order valence-electron chi connectivity index (χ4n) is 3.02. The first-order valence-corrected chi connectivity index (χ1v) is 8.62. The summed E-state index contributed by atoms with van der Waals surface area (Å²) in [5.41, 5.74) is 0. The maximum absolute atomic E-state index is 12.1. The largest absolute Gasteiger partial charge is 0.480 e. The summed E-state index contributed by atoms with van der Waals surface area (Å²) >= 11 is 0. The number of hydrogen-bond acceptors (Lipinski definition) is 3. The van der Waals surface area contributed by atoms with E-state index >= 15 is 0 Å². The van der Waals surface area contributed by atoms with Gasteiger partial charge in [-0.05, 0) is 32.1 Å². The zero-order valence-electron chi connectivity index (χ0n) is 13.6. The molecule has 0 spiro atoms. The van der Waals surface area contributed by atoms with Crippen LogP contribution in [0.4, 0.5) is 4.79 Å². The van der Waals surface area contributed by atoms with Gasteiger partial charge in [-0.25, -0.2) is 4.79 Å². The number of amides is 3. The summed E-state index contributed by atoms with van der Waals surface area (Å²) in [7, 11) is 0. The van der Waals surface area contributed by atoms with Crippen molar-refractivity contribution >= 4 is 17.9 Å². The number of carbonyl (C=O) groups is 3. The van der Waals surface area contributed by atoms with Crippen molar-refractivity contribution in [3.63, 3.8) is 0 Å². The number of aliphatic carboxylic acids is 1. The Morgan fingerprint density at radius 2 is 1.74 bits per heavy atom. The van der Waals surface area contributed by atoms with Crippen LogP contribution >= 0.6 is 0 Å². The molecule has 0 atom stereocenters. The summed E-state index contributed by atoms with van der Waals surface area (Å²) in [6.45, 7) is 0.203. The molecule has 2 fully saturated rings. The van der Waals surface area contributed by atoms with Crippen molar-refractivity contribution in [2.45, 2.75) is 69.9 Å². The highest BCUT2D eigenvalue weighted by atomic mass is 16.4. The molecule has 7 nitrogen and oxygen atoms in total. The lowest BCUT2D eigenvalue weighted by Gasteiger charge is -2.23. The van der Waals surface area contributed by atoms with Gasteiger partial charge in [-0.3, -0.25) is 9.59 Å². The second-order valence-electron chi connectivity index (χ2n) is 6.49. The molecular weight excluding hydrogens is 298 g/mol. The molecule has 0 aromatic rings. The van der Waals surface area contributed by atoms with Gasteiger partial charge >= 0.3 is 12.0 Å². The lowest BCUT2D eigenvalue weighted by atomic mass is 9.96. The first-order valence-electron chi connectivity index (χ1n) is 8.62. The molecule has 2 rings (SSSR count). The molecule has 0 heterocycles. The summed E-state index contributed by atoms with van der Waals surface area (Å²) in [5.74, 6) is -1.11. The topological polar surface area (TPSA) is 98.7 Å². The summed E-state index contributed by atoms with van der Waals surface area (Å²) < 4.78 is 0. The van der Waals surface area contributed by atoms with Crippen LogP contribution in [0.5, 0.6) is 0 Å². The molecule has 2 aliphatic carbocycles. The number of hydrogen-bond donors (Lipinski definition) is 3. The van der Waals surface area contributed by atoms with Gasteiger partial charge in [0.15, 0.2) is 0 Å². The smallest absolute Gasteiger partial charge is 0.323 e. The minimum absolute atomic E-state index is 0.0983. The zero-order chi connectivity index (χ0) is 16.7. The summed E-state index contributed by atoms with van der Waals surface area (Å²) in [6.07, 6.45) is 8.24. The molecule has 3 N–H and O–H groups in total. The second-order valence-corrected chi connectivity index (χ2v) is 6.49. The van der Waals surface area contributed by atoms with E-state index in [1.54, 1.807) is 0 Å². The van der Waals surface area contributed by atoms with Crippen molar-refractivity contribution in [3.8, 4) is 0 Å². The Morgan fingerprint density at radius 1 is 1.04 bits per heavy atom. The molecule has 0 aliphatic heterocycles. The van der Waals surface area contributed by atoms with E-state index in [2.05, 4.69) is 10.6 Å². The molecule has 0 saturated heterocycles. The van der Waals surface area contributed by atoms with Crippen molar-refractivity contribution in [2.75, 3.05) is 13.1 Å². The third-order valence-corrected chi connectivity index (χ3v) is 4.41. The molecule has 2 aliphatic rings. The molecule has 7 heteroatoms. The van der Waals surface area contributed by atoms with Crippen LogP contribution in [0.2, 0.25) is 0 Å². The Bertz CT molecular complexity index is 431. The summed E-state index contributed by atoms with van der Waals surface area (Å²) in [4.78, 5) is 36.1. The number of rotatable bonds is 8. The normalized spacial score (nSPS) is 18.3. The number of carboxylic acid groups (broad SMARTS) is 1. The van der Waals surface area contributed by atoms with E-state index in [1.165, 1.54) is 24.2 Å². The fraction of sp³-hybridized carbons (Fsp3) is 0.812. The van der Waals surface area contributed by atoms with Gasteiger partial charge < -0.3 is 20.6 Å². The average molecular weight is 325 g/mol. The molecular formula is C16H27N3O4. The van der Waals surface area contributed by atoms with Crippen LogP contribution in [0, 0.1) is 0 Å².